The summed E-state index contributed by atoms with van der Waals surface area (Å²) in [6.45, 7) is 3.55. The summed E-state index contributed by atoms with van der Waals surface area (Å²) < 4.78 is 41.6. The molecule has 1 atom stereocenters. The highest BCUT2D eigenvalue weighted by atomic mass is 32.1. The van der Waals surface area contributed by atoms with Gasteiger partial charge in [-0.25, -0.2) is 4.98 Å². The van der Waals surface area contributed by atoms with Crippen LogP contribution in [0.15, 0.2) is 23.8 Å². The molecule has 25 heavy (non-hydrogen) atoms. The van der Waals surface area contributed by atoms with Crippen molar-refractivity contribution in [2.75, 3.05) is 6.54 Å². The van der Waals surface area contributed by atoms with Crippen LogP contribution in [0.5, 0.6) is 0 Å². The van der Waals surface area contributed by atoms with E-state index in [0.717, 1.165) is 10.7 Å². The van der Waals surface area contributed by atoms with Crippen molar-refractivity contribution in [1.82, 2.24) is 24.5 Å². The number of rotatable bonds is 5. The Morgan fingerprint density at radius 3 is 2.88 bits per heavy atom. The molecule has 6 nitrogen and oxygen atoms in total. The van der Waals surface area contributed by atoms with Crippen molar-refractivity contribution in [2.45, 2.75) is 26.6 Å². The Morgan fingerprint density at radius 2 is 2.20 bits per heavy atom. The lowest BCUT2D eigenvalue weighted by Gasteiger charge is -2.15. The third-order valence-electron chi connectivity index (χ3n) is 3.61. The summed E-state index contributed by atoms with van der Waals surface area (Å²) in [5, 5.41) is 8.45. The number of imidazole rings is 1. The first-order valence-corrected chi connectivity index (χ1v) is 8.44. The molecule has 0 saturated carbocycles. The lowest BCUT2D eigenvalue weighted by molar-refractivity contribution is -0.144. The predicted molar refractivity (Wildman–Crippen MR) is 86.5 cm³/mol. The highest BCUT2D eigenvalue weighted by Crippen LogP contribution is 2.30. The molecule has 3 heterocycles. The number of hydrogen-bond donors (Lipinski definition) is 1. The van der Waals surface area contributed by atoms with E-state index in [4.69, 9.17) is 0 Å². The van der Waals surface area contributed by atoms with Crippen molar-refractivity contribution in [3.8, 4) is 0 Å². The minimum absolute atomic E-state index is 0.0568. The van der Waals surface area contributed by atoms with E-state index in [9.17, 15) is 18.0 Å². The third kappa shape index (κ3) is 3.84. The Kier molecular flexibility index (Phi) is 4.55. The van der Waals surface area contributed by atoms with Gasteiger partial charge in [0, 0.05) is 30.9 Å². The molecule has 0 bridgehead atoms. The van der Waals surface area contributed by atoms with Crippen LogP contribution in [0.4, 0.5) is 13.2 Å². The number of nitrogens with zero attached hydrogens (tertiary/aromatic N) is 4. The first kappa shape index (κ1) is 17.5. The fourth-order valence-corrected chi connectivity index (χ4v) is 3.17. The number of thiazole rings is 1. The van der Waals surface area contributed by atoms with E-state index in [1.54, 1.807) is 23.7 Å². The molecule has 0 radical (unpaired) electrons. The van der Waals surface area contributed by atoms with E-state index >= 15 is 0 Å². The van der Waals surface area contributed by atoms with Gasteiger partial charge in [-0.15, -0.1) is 11.3 Å². The van der Waals surface area contributed by atoms with Crippen molar-refractivity contribution in [2.24, 2.45) is 5.92 Å². The summed E-state index contributed by atoms with van der Waals surface area (Å²) in [6.07, 6.45) is -1.04. The van der Waals surface area contributed by atoms with Gasteiger partial charge in [-0.05, 0) is 18.9 Å². The highest BCUT2D eigenvalue weighted by molar-refractivity contribution is 7.15. The first-order chi connectivity index (χ1) is 11.7. The van der Waals surface area contributed by atoms with E-state index in [1.165, 1.54) is 18.3 Å². The summed E-state index contributed by atoms with van der Waals surface area (Å²) in [5.74, 6) is -0.580. The van der Waals surface area contributed by atoms with Crippen LogP contribution in [0.2, 0.25) is 0 Å². The number of nitrogens with one attached hydrogen (secondary N) is 1. The van der Waals surface area contributed by atoms with Gasteiger partial charge in [0.2, 0.25) is 0 Å². The van der Waals surface area contributed by atoms with E-state index in [0.29, 0.717) is 10.7 Å². The first-order valence-electron chi connectivity index (χ1n) is 7.56. The molecule has 0 spiro atoms. The van der Waals surface area contributed by atoms with Gasteiger partial charge in [-0.3, -0.25) is 13.9 Å². The average molecular weight is 371 g/mol. The maximum atomic E-state index is 13.0. The molecule has 0 unspecified atom stereocenters. The van der Waals surface area contributed by atoms with E-state index in [1.807, 2.05) is 5.38 Å². The van der Waals surface area contributed by atoms with Crippen LogP contribution in [0.3, 0.4) is 0 Å². The second-order valence-electron chi connectivity index (χ2n) is 5.89. The molecule has 0 aliphatic rings. The zero-order valence-corrected chi connectivity index (χ0v) is 14.4. The SMILES string of the molecule is Cc1cc(C(F)(F)F)n(C[C@H](C)CNC(=O)c2cn3ccsc3n2)n1. The van der Waals surface area contributed by atoms with Gasteiger partial charge in [0.1, 0.15) is 11.4 Å². The van der Waals surface area contributed by atoms with Crippen molar-refractivity contribution in [1.29, 1.82) is 0 Å². The molecule has 0 fully saturated rings. The van der Waals surface area contributed by atoms with Crippen molar-refractivity contribution >= 4 is 22.2 Å². The van der Waals surface area contributed by atoms with Gasteiger partial charge in [-0.1, -0.05) is 6.92 Å². The van der Waals surface area contributed by atoms with Gasteiger partial charge in [0.25, 0.3) is 5.91 Å². The number of carbonyl (C=O) groups excluding carboxylic acids is 1. The standard InChI is InChI=1S/C15H16F3N5OS/c1-9(7-23-12(15(16,17)18)5-10(2)21-23)6-19-13(24)11-8-22-3-4-25-14(22)20-11/h3-5,8-9H,6-7H2,1-2H3,(H,19,24)/t9-/m1/s1. The predicted octanol–water partition coefficient (Wildman–Crippen LogP) is 2.99. The Balaban J connectivity index is 1.60. The normalized spacial score (nSPS) is 13.3. The van der Waals surface area contributed by atoms with Crippen molar-refractivity contribution in [3.63, 3.8) is 0 Å². The highest BCUT2D eigenvalue weighted by Gasteiger charge is 2.35. The topological polar surface area (TPSA) is 64.2 Å². The molecule has 3 aromatic heterocycles. The van der Waals surface area contributed by atoms with Crippen LogP contribution < -0.4 is 5.32 Å². The third-order valence-corrected chi connectivity index (χ3v) is 4.38. The minimum Gasteiger partial charge on any atom is -0.350 e. The lowest BCUT2D eigenvalue weighted by Crippen LogP contribution is -2.31. The summed E-state index contributed by atoms with van der Waals surface area (Å²) in [6, 6.07) is 1.02. The van der Waals surface area contributed by atoms with Gasteiger partial charge >= 0.3 is 6.18 Å². The van der Waals surface area contributed by atoms with Gasteiger partial charge in [-0.2, -0.15) is 18.3 Å². The molecule has 0 saturated heterocycles. The Bertz CT molecular complexity index is 866. The largest absolute Gasteiger partial charge is 0.433 e. The molecule has 1 amide bonds. The maximum absolute atomic E-state index is 13.0. The minimum atomic E-state index is -4.45. The Hall–Kier alpha value is -2.36. The molecular formula is C15H16F3N5OS. The van der Waals surface area contributed by atoms with Crippen LogP contribution >= 0.6 is 11.3 Å². The van der Waals surface area contributed by atoms with E-state index in [2.05, 4.69) is 15.4 Å². The molecule has 3 rings (SSSR count). The van der Waals surface area contributed by atoms with Crippen molar-refractivity contribution < 1.29 is 18.0 Å². The van der Waals surface area contributed by atoms with Crippen LogP contribution in [-0.2, 0) is 12.7 Å². The molecule has 10 heteroatoms. The van der Waals surface area contributed by atoms with E-state index < -0.39 is 11.9 Å². The van der Waals surface area contributed by atoms with Gasteiger partial charge in [0.15, 0.2) is 4.96 Å². The van der Waals surface area contributed by atoms with Crippen LogP contribution in [0, 0.1) is 12.8 Å². The number of fused-ring (bicyclic) bond motifs is 1. The number of carbonyl (C=O) groups is 1. The number of aromatic nitrogens is 4. The molecule has 1 N–H and O–H groups in total. The summed E-state index contributed by atoms with van der Waals surface area (Å²) in [4.78, 5) is 17.0. The maximum Gasteiger partial charge on any atom is 0.433 e. The van der Waals surface area contributed by atoms with Crippen LogP contribution in [0.25, 0.3) is 4.96 Å². The Morgan fingerprint density at radius 1 is 1.44 bits per heavy atom. The molecule has 0 aromatic carbocycles. The molecular weight excluding hydrogens is 355 g/mol. The van der Waals surface area contributed by atoms with Gasteiger partial charge < -0.3 is 5.32 Å². The van der Waals surface area contributed by atoms with Crippen LogP contribution in [0.1, 0.15) is 28.8 Å². The average Bonchev–Trinajstić information content (AvgIpc) is 3.18. The van der Waals surface area contributed by atoms with Gasteiger partial charge in [0.05, 0.1) is 5.69 Å². The van der Waals surface area contributed by atoms with Crippen LogP contribution in [-0.4, -0.2) is 31.6 Å². The van der Waals surface area contributed by atoms with Crippen molar-refractivity contribution in [3.05, 3.63) is 40.9 Å². The number of hydrogen-bond acceptors (Lipinski definition) is 4. The second kappa shape index (κ2) is 6.51. The zero-order valence-electron chi connectivity index (χ0n) is 13.5. The molecule has 0 aliphatic heterocycles. The summed E-state index contributed by atoms with van der Waals surface area (Å²) >= 11 is 1.41. The number of alkyl halides is 3. The number of halogens is 3. The fourth-order valence-electron chi connectivity index (χ4n) is 2.47. The fraction of sp³-hybridized carbons (Fsp3) is 0.400. The number of aryl methyl sites for hydroxylation is 1. The second-order valence-corrected chi connectivity index (χ2v) is 6.76. The molecule has 0 aliphatic carbocycles. The summed E-state index contributed by atoms with van der Waals surface area (Å²) in [7, 11) is 0. The molecule has 3 aromatic rings. The Labute approximate surface area is 145 Å². The number of amides is 1. The quantitative estimate of drug-likeness (QED) is 0.750. The van der Waals surface area contributed by atoms with E-state index in [-0.39, 0.29) is 30.6 Å². The molecule has 134 valence electrons. The smallest absolute Gasteiger partial charge is 0.350 e. The lowest BCUT2D eigenvalue weighted by atomic mass is 10.2. The monoisotopic (exact) mass is 371 g/mol. The summed E-state index contributed by atoms with van der Waals surface area (Å²) in [5.41, 5.74) is -0.191. The zero-order chi connectivity index (χ0) is 18.2.